The molecule has 0 heterocycles. The van der Waals surface area contributed by atoms with Crippen molar-refractivity contribution in [2.24, 2.45) is 58.2 Å². The van der Waals surface area contributed by atoms with Crippen molar-refractivity contribution in [1.82, 2.24) is 5.32 Å². The number of aliphatic hydroxyl groups excluding tert-OH is 1. The predicted molar refractivity (Wildman–Crippen MR) is 137 cm³/mol. The quantitative estimate of drug-likeness (QED) is 0.518. The molecular formula is C30H49NO4. The number of ketones is 2. The molecule has 0 radical (unpaired) electrons. The number of Topliss-reactive ketones (excluding diaryl/α,β-unsaturated/α-hetero) is 2. The Hall–Kier alpha value is -1.23. The molecule has 11 atom stereocenters. The van der Waals surface area contributed by atoms with Gasteiger partial charge in [0.15, 0.2) is 0 Å². The van der Waals surface area contributed by atoms with Crippen LogP contribution in [0, 0.1) is 58.2 Å². The van der Waals surface area contributed by atoms with Crippen LogP contribution in [0.5, 0.6) is 0 Å². The van der Waals surface area contributed by atoms with E-state index in [0.717, 1.165) is 51.4 Å². The second-order valence-electron chi connectivity index (χ2n) is 13.5. The molecule has 0 saturated heterocycles. The minimum Gasteiger partial charge on any atom is -0.393 e. The first kappa shape index (κ1) is 26.8. The molecule has 5 heteroatoms. The molecular weight excluding hydrogens is 438 g/mol. The van der Waals surface area contributed by atoms with E-state index >= 15 is 0 Å². The fourth-order valence-corrected chi connectivity index (χ4v) is 9.82. The van der Waals surface area contributed by atoms with Gasteiger partial charge in [-0.2, -0.15) is 0 Å². The maximum absolute atomic E-state index is 14.1. The Morgan fingerprint density at radius 1 is 1.03 bits per heavy atom. The van der Waals surface area contributed by atoms with Gasteiger partial charge >= 0.3 is 0 Å². The highest BCUT2D eigenvalue weighted by molar-refractivity contribution is 5.86. The van der Waals surface area contributed by atoms with Crippen LogP contribution < -0.4 is 5.32 Å². The minimum atomic E-state index is -0.244. The van der Waals surface area contributed by atoms with E-state index in [0.29, 0.717) is 35.4 Å². The summed E-state index contributed by atoms with van der Waals surface area (Å²) in [6, 6.07) is 0. The van der Waals surface area contributed by atoms with Crippen LogP contribution in [-0.2, 0) is 14.4 Å². The fraction of sp³-hybridized carbons (Fsp3) is 0.900. The number of carbonyl (C=O) groups excluding carboxylic acids is 3. The molecule has 5 nitrogen and oxygen atoms in total. The van der Waals surface area contributed by atoms with E-state index in [-0.39, 0.29) is 52.9 Å². The number of amides is 1. The lowest BCUT2D eigenvalue weighted by atomic mass is 9.42. The Morgan fingerprint density at radius 2 is 1.69 bits per heavy atom. The van der Waals surface area contributed by atoms with Gasteiger partial charge in [-0.1, -0.05) is 34.6 Å². The van der Waals surface area contributed by atoms with Crippen molar-refractivity contribution in [1.29, 1.82) is 0 Å². The molecule has 0 aliphatic heterocycles. The highest BCUT2D eigenvalue weighted by atomic mass is 16.3. The summed E-state index contributed by atoms with van der Waals surface area (Å²) in [7, 11) is 0. The third-order valence-electron chi connectivity index (χ3n) is 11.6. The topological polar surface area (TPSA) is 83.5 Å². The molecule has 4 rings (SSSR count). The smallest absolute Gasteiger partial charge is 0.223 e. The molecule has 1 amide bonds. The molecule has 35 heavy (non-hydrogen) atoms. The maximum atomic E-state index is 14.1. The molecule has 198 valence electrons. The van der Waals surface area contributed by atoms with E-state index in [4.69, 9.17) is 0 Å². The van der Waals surface area contributed by atoms with Gasteiger partial charge in [0.25, 0.3) is 0 Å². The van der Waals surface area contributed by atoms with Crippen LogP contribution in [0.3, 0.4) is 0 Å². The molecule has 4 aliphatic carbocycles. The van der Waals surface area contributed by atoms with Gasteiger partial charge in [-0.15, -0.1) is 0 Å². The predicted octanol–water partition coefficient (Wildman–Crippen LogP) is 5.19. The summed E-state index contributed by atoms with van der Waals surface area (Å²) in [5.41, 5.74) is 0.328. The Balaban J connectivity index is 1.52. The van der Waals surface area contributed by atoms with Crippen molar-refractivity contribution in [3.05, 3.63) is 0 Å². The summed E-state index contributed by atoms with van der Waals surface area (Å²) in [4.78, 5) is 37.9. The van der Waals surface area contributed by atoms with Gasteiger partial charge in [0, 0.05) is 17.8 Å². The largest absolute Gasteiger partial charge is 0.393 e. The normalized spacial score (nSPS) is 44.5. The number of carbonyl (C=O) groups is 3. The molecule has 2 N–H and O–H groups in total. The molecule has 0 bridgehead atoms. The number of hydrogen-bond donors (Lipinski definition) is 2. The summed E-state index contributed by atoms with van der Waals surface area (Å²) in [6.07, 6.45) is 8.79. The van der Waals surface area contributed by atoms with Gasteiger partial charge in [0.05, 0.1) is 12.6 Å². The second kappa shape index (κ2) is 9.91. The molecule has 4 fully saturated rings. The fourth-order valence-electron chi connectivity index (χ4n) is 9.82. The first-order valence-corrected chi connectivity index (χ1v) is 14.4. The zero-order valence-corrected chi connectivity index (χ0v) is 22.9. The number of hydrogen-bond acceptors (Lipinski definition) is 4. The zero-order chi connectivity index (χ0) is 25.7. The third kappa shape index (κ3) is 4.53. The third-order valence-corrected chi connectivity index (χ3v) is 11.6. The summed E-state index contributed by atoms with van der Waals surface area (Å²) in [5, 5.41) is 13.2. The Labute approximate surface area is 212 Å². The van der Waals surface area contributed by atoms with E-state index in [1.54, 1.807) is 0 Å². The van der Waals surface area contributed by atoms with Crippen molar-refractivity contribution in [2.45, 2.75) is 105 Å². The van der Waals surface area contributed by atoms with Gasteiger partial charge in [-0.25, -0.2) is 0 Å². The summed E-state index contributed by atoms with van der Waals surface area (Å²) in [6.45, 7) is 13.0. The number of fused-ring (bicyclic) bond motifs is 5. The van der Waals surface area contributed by atoms with Gasteiger partial charge < -0.3 is 10.4 Å². The average Bonchev–Trinajstić information content (AvgIpc) is 3.16. The van der Waals surface area contributed by atoms with E-state index < -0.39 is 0 Å². The molecule has 0 aromatic carbocycles. The zero-order valence-electron chi connectivity index (χ0n) is 22.9. The molecule has 4 unspecified atom stereocenters. The van der Waals surface area contributed by atoms with E-state index in [2.05, 4.69) is 33.0 Å². The Bertz CT molecular complexity index is 840. The molecule has 0 spiro atoms. The van der Waals surface area contributed by atoms with Gasteiger partial charge in [0.2, 0.25) is 5.91 Å². The number of rotatable bonds is 7. The van der Waals surface area contributed by atoms with Gasteiger partial charge in [0.1, 0.15) is 11.6 Å². The molecule has 4 aliphatic rings. The van der Waals surface area contributed by atoms with Crippen molar-refractivity contribution < 1.29 is 19.5 Å². The lowest BCUT2D eigenvalue weighted by Crippen LogP contribution is -2.60. The highest BCUT2D eigenvalue weighted by Gasteiger charge is 2.65. The van der Waals surface area contributed by atoms with E-state index in [1.807, 2.05) is 6.92 Å². The summed E-state index contributed by atoms with van der Waals surface area (Å²) >= 11 is 0. The van der Waals surface area contributed by atoms with E-state index in [9.17, 15) is 19.5 Å². The van der Waals surface area contributed by atoms with Crippen LogP contribution in [0.4, 0.5) is 0 Å². The number of aliphatic hydroxyl groups is 1. The van der Waals surface area contributed by atoms with Crippen molar-refractivity contribution >= 4 is 17.5 Å². The van der Waals surface area contributed by atoms with Crippen LogP contribution in [0.1, 0.15) is 99.3 Å². The molecule has 0 aromatic heterocycles. The highest BCUT2D eigenvalue weighted by Crippen LogP contribution is 2.68. The maximum Gasteiger partial charge on any atom is 0.223 e. The standard InChI is InChI=1S/C30H49NO4/c1-7-21-25-15-20(33)10-12-30(25,6)24-11-13-29(5)22(8-9-23(29)26(24)27(21)34)17(2)14-18(3)28(35)31-16-19(4)32/h17-18,20-26,33H,7-16H2,1-6H3,(H,31,35)/t17-,18+,20-,21-,22-,23?,24?,25?,26?,29-,30-/m1/s1. The van der Waals surface area contributed by atoms with Crippen LogP contribution in [0.2, 0.25) is 0 Å². The van der Waals surface area contributed by atoms with Crippen LogP contribution in [0.25, 0.3) is 0 Å². The molecule has 0 aromatic rings. The average molecular weight is 488 g/mol. The van der Waals surface area contributed by atoms with E-state index in [1.165, 1.54) is 13.3 Å². The minimum absolute atomic E-state index is 0.0209. The number of nitrogens with one attached hydrogen (secondary N) is 1. The first-order valence-electron chi connectivity index (χ1n) is 14.4. The lowest BCUT2D eigenvalue weighted by molar-refractivity contribution is -0.173. The lowest BCUT2D eigenvalue weighted by Gasteiger charge is -2.62. The van der Waals surface area contributed by atoms with Crippen molar-refractivity contribution in [2.75, 3.05) is 6.54 Å². The summed E-state index contributed by atoms with van der Waals surface area (Å²) in [5.74, 6) is 2.79. The van der Waals surface area contributed by atoms with Crippen LogP contribution in [-0.4, -0.2) is 35.2 Å². The second-order valence-corrected chi connectivity index (χ2v) is 13.5. The van der Waals surface area contributed by atoms with Crippen molar-refractivity contribution in [3.63, 3.8) is 0 Å². The van der Waals surface area contributed by atoms with Crippen molar-refractivity contribution in [3.8, 4) is 0 Å². The van der Waals surface area contributed by atoms with Gasteiger partial charge in [-0.05, 0) is 105 Å². The van der Waals surface area contributed by atoms with Crippen LogP contribution >= 0.6 is 0 Å². The van der Waals surface area contributed by atoms with Crippen LogP contribution in [0.15, 0.2) is 0 Å². The SMILES string of the molecule is CC[C@H]1C(=O)C2C(CC[C@@]3(C)C2CC[C@@H]3[C@H](C)C[C@H](C)C(=O)NCC(C)=O)[C@@]2(C)CC[C@@H](O)CC12. The van der Waals surface area contributed by atoms with Gasteiger partial charge in [-0.3, -0.25) is 14.4 Å². The Morgan fingerprint density at radius 3 is 2.34 bits per heavy atom. The molecule has 4 saturated carbocycles. The monoisotopic (exact) mass is 487 g/mol. The summed E-state index contributed by atoms with van der Waals surface area (Å²) < 4.78 is 0. The first-order chi connectivity index (χ1) is 16.4. The Kier molecular flexibility index (Phi) is 7.60.